The van der Waals surface area contributed by atoms with Gasteiger partial charge in [-0.15, -0.1) is 0 Å². The molecule has 0 amide bonds. The molecule has 0 bridgehead atoms. The Kier molecular flexibility index (Phi) is 4.86. The van der Waals surface area contributed by atoms with Crippen molar-refractivity contribution in [1.29, 1.82) is 0 Å². The molecule has 0 aliphatic carbocycles. The SMILES string of the molecule is Cc1cc(-c2ccccc2)nc(N/N=C\c2cc(Br)ccc2O)n1. The van der Waals surface area contributed by atoms with Gasteiger partial charge in [-0.1, -0.05) is 46.3 Å². The highest BCUT2D eigenvalue weighted by atomic mass is 79.9. The molecule has 0 atom stereocenters. The van der Waals surface area contributed by atoms with Gasteiger partial charge in [0.25, 0.3) is 0 Å². The average molecular weight is 383 g/mol. The summed E-state index contributed by atoms with van der Waals surface area (Å²) in [5, 5.41) is 13.9. The zero-order valence-corrected chi connectivity index (χ0v) is 14.5. The van der Waals surface area contributed by atoms with Crippen LogP contribution in [-0.4, -0.2) is 21.3 Å². The van der Waals surface area contributed by atoms with E-state index in [-0.39, 0.29) is 5.75 Å². The first-order valence-electron chi connectivity index (χ1n) is 7.30. The van der Waals surface area contributed by atoms with Gasteiger partial charge in [0, 0.05) is 21.3 Å². The molecule has 5 nitrogen and oxygen atoms in total. The number of nitrogens with zero attached hydrogens (tertiary/aromatic N) is 3. The van der Waals surface area contributed by atoms with E-state index in [1.807, 2.05) is 43.3 Å². The van der Waals surface area contributed by atoms with Crippen LogP contribution in [0.15, 0.2) is 64.2 Å². The highest BCUT2D eigenvalue weighted by Crippen LogP contribution is 2.21. The summed E-state index contributed by atoms with van der Waals surface area (Å²) >= 11 is 3.36. The van der Waals surface area contributed by atoms with Crippen molar-refractivity contribution in [2.45, 2.75) is 6.92 Å². The fourth-order valence-electron chi connectivity index (χ4n) is 2.16. The highest BCUT2D eigenvalue weighted by Gasteiger charge is 2.04. The molecule has 1 heterocycles. The third-order valence-corrected chi connectivity index (χ3v) is 3.77. The van der Waals surface area contributed by atoms with Crippen molar-refractivity contribution in [2.75, 3.05) is 5.43 Å². The minimum absolute atomic E-state index is 0.152. The number of rotatable bonds is 4. The Morgan fingerprint density at radius 1 is 1.08 bits per heavy atom. The first kappa shape index (κ1) is 16.1. The van der Waals surface area contributed by atoms with Gasteiger partial charge in [-0.25, -0.2) is 15.4 Å². The predicted octanol–water partition coefficient (Wildman–Crippen LogP) is 4.37. The summed E-state index contributed by atoms with van der Waals surface area (Å²) in [4.78, 5) is 8.79. The maximum absolute atomic E-state index is 9.80. The van der Waals surface area contributed by atoms with Gasteiger partial charge >= 0.3 is 0 Å². The lowest BCUT2D eigenvalue weighted by Crippen LogP contribution is -2.00. The number of anilines is 1. The predicted molar refractivity (Wildman–Crippen MR) is 99.2 cm³/mol. The van der Waals surface area contributed by atoms with Crippen LogP contribution in [0.5, 0.6) is 5.75 Å². The number of benzene rings is 2. The van der Waals surface area contributed by atoms with Gasteiger partial charge in [-0.2, -0.15) is 5.10 Å². The van der Waals surface area contributed by atoms with E-state index < -0.39 is 0 Å². The largest absolute Gasteiger partial charge is 0.507 e. The zero-order chi connectivity index (χ0) is 16.9. The molecule has 0 radical (unpaired) electrons. The normalized spacial score (nSPS) is 10.9. The standard InChI is InChI=1S/C18H15BrN4O/c1-12-9-16(13-5-3-2-4-6-13)22-18(21-12)23-20-11-14-10-15(19)7-8-17(14)24/h2-11,24H,1H3,(H,21,22,23)/b20-11-. The molecule has 24 heavy (non-hydrogen) atoms. The van der Waals surface area contributed by atoms with Crippen LogP contribution in [-0.2, 0) is 0 Å². The van der Waals surface area contributed by atoms with Crippen LogP contribution in [0.25, 0.3) is 11.3 Å². The van der Waals surface area contributed by atoms with Crippen LogP contribution < -0.4 is 5.43 Å². The smallest absolute Gasteiger partial charge is 0.244 e. The summed E-state index contributed by atoms with van der Waals surface area (Å²) in [5.41, 5.74) is 6.08. The van der Waals surface area contributed by atoms with E-state index >= 15 is 0 Å². The molecular formula is C18H15BrN4O. The first-order valence-corrected chi connectivity index (χ1v) is 8.10. The van der Waals surface area contributed by atoms with Gasteiger partial charge in [0.15, 0.2) is 0 Å². The summed E-state index contributed by atoms with van der Waals surface area (Å²) in [5.74, 6) is 0.554. The summed E-state index contributed by atoms with van der Waals surface area (Å²) in [6, 6.07) is 16.9. The van der Waals surface area contributed by atoms with Crippen molar-refractivity contribution < 1.29 is 5.11 Å². The molecule has 1 aromatic heterocycles. The van der Waals surface area contributed by atoms with Crippen LogP contribution in [0.4, 0.5) is 5.95 Å². The summed E-state index contributed by atoms with van der Waals surface area (Å²) < 4.78 is 0.861. The molecule has 0 spiro atoms. The molecule has 0 aliphatic rings. The molecule has 0 fully saturated rings. The van der Waals surface area contributed by atoms with Crippen LogP contribution in [0, 0.1) is 6.92 Å². The van der Waals surface area contributed by atoms with E-state index in [0.29, 0.717) is 11.5 Å². The summed E-state index contributed by atoms with van der Waals surface area (Å²) in [7, 11) is 0. The molecule has 120 valence electrons. The zero-order valence-electron chi connectivity index (χ0n) is 12.9. The minimum Gasteiger partial charge on any atom is -0.507 e. The van der Waals surface area contributed by atoms with E-state index in [9.17, 15) is 5.11 Å². The topological polar surface area (TPSA) is 70.4 Å². The lowest BCUT2D eigenvalue weighted by molar-refractivity contribution is 0.474. The third kappa shape index (κ3) is 3.97. The molecule has 0 aliphatic heterocycles. The maximum atomic E-state index is 9.80. The van der Waals surface area contributed by atoms with Crippen molar-refractivity contribution in [3.05, 3.63) is 70.3 Å². The third-order valence-electron chi connectivity index (χ3n) is 3.28. The lowest BCUT2D eigenvalue weighted by atomic mass is 10.1. The number of hydrazone groups is 1. The van der Waals surface area contributed by atoms with E-state index in [4.69, 9.17) is 0 Å². The van der Waals surface area contributed by atoms with E-state index in [2.05, 4.69) is 36.4 Å². The molecule has 0 saturated heterocycles. The molecule has 3 rings (SSSR count). The summed E-state index contributed by atoms with van der Waals surface area (Å²) in [6.45, 7) is 1.91. The van der Waals surface area contributed by atoms with Crippen LogP contribution in [0.1, 0.15) is 11.3 Å². The quantitative estimate of drug-likeness (QED) is 0.519. The number of aromatic nitrogens is 2. The van der Waals surface area contributed by atoms with E-state index in [1.165, 1.54) is 6.21 Å². The van der Waals surface area contributed by atoms with Crippen LogP contribution >= 0.6 is 15.9 Å². The average Bonchev–Trinajstić information content (AvgIpc) is 2.58. The van der Waals surface area contributed by atoms with Crippen molar-refractivity contribution >= 4 is 28.1 Å². The molecule has 0 saturated carbocycles. The minimum atomic E-state index is 0.152. The Labute approximate surface area is 148 Å². The highest BCUT2D eigenvalue weighted by molar-refractivity contribution is 9.10. The molecule has 2 N–H and O–H groups in total. The van der Waals surface area contributed by atoms with Crippen LogP contribution in [0.2, 0.25) is 0 Å². The number of phenolic OH excluding ortho intramolecular Hbond substituents is 1. The van der Waals surface area contributed by atoms with Gasteiger partial charge in [0.2, 0.25) is 5.95 Å². The lowest BCUT2D eigenvalue weighted by Gasteiger charge is -2.05. The monoisotopic (exact) mass is 382 g/mol. The van der Waals surface area contributed by atoms with Gasteiger partial charge in [0.05, 0.1) is 11.9 Å². The Balaban J connectivity index is 1.82. The van der Waals surface area contributed by atoms with Gasteiger partial charge in [0.1, 0.15) is 5.75 Å². The second-order valence-corrected chi connectivity index (χ2v) is 6.07. The fraction of sp³-hybridized carbons (Fsp3) is 0.0556. The number of aryl methyl sites for hydroxylation is 1. The number of halogens is 1. The number of phenols is 1. The number of hydrogen-bond donors (Lipinski definition) is 2. The van der Waals surface area contributed by atoms with Gasteiger partial charge in [-0.05, 0) is 31.2 Å². The number of hydrogen-bond acceptors (Lipinski definition) is 5. The molecule has 3 aromatic rings. The Bertz CT molecular complexity index is 881. The van der Waals surface area contributed by atoms with Crippen molar-refractivity contribution in [3.63, 3.8) is 0 Å². The second kappa shape index (κ2) is 7.23. The van der Waals surface area contributed by atoms with Gasteiger partial charge < -0.3 is 5.11 Å². The fourth-order valence-corrected chi connectivity index (χ4v) is 2.54. The number of nitrogens with one attached hydrogen (secondary N) is 1. The van der Waals surface area contributed by atoms with Crippen LogP contribution in [0.3, 0.4) is 0 Å². The second-order valence-electron chi connectivity index (χ2n) is 5.16. The first-order chi connectivity index (χ1) is 11.6. The maximum Gasteiger partial charge on any atom is 0.244 e. The molecule has 2 aromatic carbocycles. The summed E-state index contributed by atoms with van der Waals surface area (Å²) in [6.07, 6.45) is 1.52. The van der Waals surface area contributed by atoms with Crippen molar-refractivity contribution in [2.24, 2.45) is 5.10 Å². The Hall–Kier alpha value is -2.73. The molecule has 6 heteroatoms. The van der Waals surface area contributed by atoms with Crippen molar-refractivity contribution in [3.8, 4) is 17.0 Å². The Morgan fingerprint density at radius 2 is 1.88 bits per heavy atom. The molecule has 0 unspecified atom stereocenters. The van der Waals surface area contributed by atoms with Gasteiger partial charge in [-0.3, -0.25) is 0 Å². The van der Waals surface area contributed by atoms with E-state index in [0.717, 1.165) is 21.4 Å². The van der Waals surface area contributed by atoms with E-state index in [1.54, 1.807) is 18.2 Å². The Morgan fingerprint density at radius 3 is 2.67 bits per heavy atom. The number of aromatic hydroxyl groups is 1. The molecular weight excluding hydrogens is 368 g/mol. The van der Waals surface area contributed by atoms with Crippen molar-refractivity contribution in [1.82, 2.24) is 9.97 Å².